The van der Waals surface area contributed by atoms with E-state index in [0.29, 0.717) is 109 Å². The Morgan fingerprint density at radius 1 is 0.267 bits per heavy atom. The summed E-state index contributed by atoms with van der Waals surface area (Å²) in [7, 11) is 21.6. The van der Waals surface area contributed by atoms with Gasteiger partial charge in [0.05, 0.1) is 5.75 Å². The van der Waals surface area contributed by atoms with Crippen LogP contribution in [-0.2, 0) is 33.6 Å². The van der Waals surface area contributed by atoms with Crippen molar-refractivity contribution in [2.24, 2.45) is 43.8 Å². The van der Waals surface area contributed by atoms with Crippen molar-refractivity contribution < 1.29 is 43.2 Å². The predicted octanol–water partition coefficient (Wildman–Crippen LogP) is 26.9. The van der Waals surface area contributed by atoms with E-state index in [1.54, 1.807) is 54.0 Å². The van der Waals surface area contributed by atoms with Gasteiger partial charge < -0.3 is 31.9 Å². The van der Waals surface area contributed by atoms with Crippen molar-refractivity contribution in [1.29, 1.82) is 0 Å². The maximum absolute atomic E-state index is 11.8. The van der Waals surface area contributed by atoms with E-state index in [-0.39, 0.29) is 61.9 Å². The maximum Gasteiger partial charge on any atom is 0.314 e. The number of hydrogen-bond acceptors (Lipinski definition) is 22. The molecule has 0 aliphatic carbocycles. The minimum atomic E-state index is -0.266. The molecule has 0 rings (SSSR count). The summed E-state index contributed by atoms with van der Waals surface area (Å²) in [5.74, 6) is 12.9. The molecule has 27 heteroatoms. The fraction of sp³-hybridized carbons (Fsp3) is 0.899. The third kappa shape index (κ3) is 103. The molecule has 6 N–H and O–H groups in total. The number of carbonyl (C=O) groups is 9. The Morgan fingerprint density at radius 2 is 0.586 bits per heavy atom. The molecular formula is C89H176N6O9S12. The molecule has 0 aromatic heterocycles. The van der Waals surface area contributed by atoms with Crippen LogP contribution in [0.2, 0.25) is 0 Å². The summed E-state index contributed by atoms with van der Waals surface area (Å²) in [6, 6.07) is 0.406. The zero-order chi connectivity index (χ0) is 89.8. The molecule has 0 aromatic carbocycles. The van der Waals surface area contributed by atoms with Gasteiger partial charge in [0.2, 0.25) is 5.91 Å². The highest BCUT2D eigenvalue weighted by Gasteiger charge is 2.24. The highest BCUT2D eigenvalue weighted by Crippen LogP contribution is 2.36. The second-order valence-corrected chi connectivity index (χ2v) is 55.5. The Kier molecular flexibility index (Phi) is 81.0. The van der Waals surface area contributed by atoms with E-state index in [1.165, 1.54) is 69.3 Å². The molecule has 0 radical (unpaired) electrons. The molecule has 0 saturated heterocycles. The largest absolute Gasteiger partial charge is 0.355 e. The minimum Gasteiger partial charge on any atom is -0.355 e. The lowest BCUT2D eigenvalue weighted by atomic mass is 9.88. The van der Waals surface area contributed by atoms with Crippen LogP contribution in [0, 0.1) is 43.8 Å². The average Bonchev–Trinajstić information content (AvgIpc) is 0.932. The molecule has 0 heterocycles. The molecule has 116 heavy (non-hydrogen) atoms. The van der Waals surface area contributed by atoms with Crippen LogP contribution in [0.15, 0.2) is 0 Å². The zero-order valence-electron chi connectivity index (χ0n) is 78.9. The minimum absolute atomic E-state index is 0.0836. The Bertz CT molecular complexity index is 2500. The van der Waals surface area contributed by atoms with Gasteiger partial charge in [0, 0.05) is 180 Å². The highest BCUT2D eigenvalue weighted by atomic mass is 33.1. The lowest BCUT2D eigenvalue weighted by molar-refractivity contribution is -0.127. The van der Waals surface area contributed by atoms with Crippen molar-refractivity contribution in [3.63, 3.8) is 0 Å². The van der Waals surface area contributed by atoms with Gasteiger partial charge in [-0.1, -0.05) is 362 Å². The van der Waals surface area contributed by atoms with Gasteiger partial charge in [-0.2, -0.15) is 0 Å². The number of Topliss-reactive ketones (excluding diaryl/α,β-unsaturated/α-hetero) is 6. The van der Waals surface area contributed by atoms with Crippen molar-refractivity contribution in [1.82, 2.24) is 31.9 Å². The monoisotopic (exact) mass is 1860 g/mol. The van der Waals surface area contributed by atoms with Gasteiger partial charge in [-0.05, 0) is 93.3 Å². The first kappa shape index (κ1) is 125. The smallest absolute Gasteiger partial charge is 0.314 e. The SMILES string of the molecule is CC(C)(C)CCCCCCCNC(=O)NCCSSCC(=O)C(C)(C)C.CC(C)(C)CCCSSCCNC(=O)CCCCC(=O)C(C)(C)C.CC(C)(C)CCCSSCCNC(=O)NCCSSCCCC(=O)C(C)(C)C.CC(C)(C)SSCCC(=O)CCCCCCC(=O)C(C)(C)C.CC(C)NCCSSCCCC(=O)C(C)C. The summed E-state index contributed by atoms with van der Waals surface area (Å²) in [6.07, 6.45) is 24.5. The van der Waals surface area contributed by atoms with E-state index < -0.39 is 0 Å². The molecule has 0 fully saturated rings. The summed E-state index contributed by atoms with van der Waals surface area (Å²) < 4.78 is 0.262. The zero-order valence-corrected chi connectivity index (χ0v) is 88.7. The standard InChI is InChI=1S/C20H40N2O2S4.C20H40N2O2S2.C19H37NO2S2.C18H34O2S2.C12H25NOS2/c1-19(2,3)10-8-14-26-28-16-12-22-18(24)21-11-15-27-25-13-7-9-17(23)20(4,5)6;1-19(2,3)12-10-8-7-9-11-13-21-18(24)22-14-15-25-26-16-17(23)20(4,5)6;1-18(2,3)12-9-14-23-24-15-13-20-17(22)11-8-7-10-16(21)19(4,5)6;1-17(2,3)16(20)12-10-8-7-9-11-15(19)13-14-21-22-18(4,5)6;1-10(2)12(14)6-5-8-15-16-9-7-13-11(3)4/h7-16H2,1-6H3,(H2,21,22,24);7-16H2,1-6H3,(H2,21,22,24);7-15H2,1-6H3,(H,20,22);7-14H2,1-6H3;10-11,13H,5-9H2,1-4H3. The van der Waals surface area contributed by atoms with E-state index in [1.807, 2.05) is 172 Å². The third-order valence-corrected chi connectivity index (χ3v) is 32.3. The lowest BCUT2D eigenvalue weighted by Gasteiger charge is -2.17. The Labute approximate surface area is 762 Å². The lowest BCUT2D eigenvalue weighted by Crippen LogP contribution is -2.37. The van der Waals surface area contributed by atoms with Crippen LogP contribution >= 0.6 is 130 Å². The van der Waals surface area contributed by atoms with Gasteiger partial charge in [-0.3, -0.25) is 33.6 Å². The number of unbranched alkanes of at least 4 members (excludes halogenated alkanes) is 8. The van der Waals surface area contributed by atoms with Crippen LogP contribution in [0.4, 0.5) is 9.59 Å². The number of amides is 5. The molecule has 0 spiro atoms. The van der Waals surface area contributed by atoms with E-state index in [4.69, 9.17) is 0 Å². The quantitative estimate of drug-likeness (QED) is 0.0246. The van der Waals surface area contributed by atoms with Gasteiger partial charge in [-0.25, -0.2) is 9.59 Å². The van der Waals surface area contributed by atoms with Crippen molar-refractivity contribution in [3.05, 3.63) is 0 Å². The molecule has 5 amide bonds. The first-order chi connectivity index (χ1) is 53.6. The first-order valence-electron chi connectivity index (χ1n) is 43.4. The molecule has 0 aliphatic rings. The average molecular weight is 1860 g/mol. The molecule has 0 saturated carbocycles. The van der Waals surface area contributed by atoms with Crippen molar-refractivity contribution in [2.45, 2.75) is 365 Å². The van der Waals surface area contributed by atoms with Gasteiger partial charge in [0.25, 0.3) is 0 Å². The molecule has 0 bridgehead atoms. The molecule has 0 atom stereocenters. The van der Waals surface area contributed by atoms with Gasteiger partial charge in [0.1, 0.15) is 34.7 Å². The summed E-state index contributed by atoms with van der Waals surface area (Å²) >= 11 is 0. The number of ketones is 6. The number of carbonyl (C=O) groups excluding carboxylic acids is 9. The summed E-state index contributed by atoms with van der Waals surface area (Å²) in [5.41, 5.74) is 0.335. The molecule has 0 aliphatic heterocycles. The van der Waals surface area contributed by atoms with Crippen LogP contribution in [0.1, 0.15) is 354 Å². The Hall–Kier alpha value is 0.190. The summed E-state index contributed by atoms with van der Waals surface area (Å²) in [5, 5.41) is 17.9. The number of urea groups is 2. The number of nitrogens with one attached hydrogen (secondary N) is 6. The van der Waals surface area contributed by atoms with Crippen molar-refractivity contribution in [3.8, 4) is 0 Å². The van der Waals surface area contributed by atoms with Crippen molar-refractivity contribution in [2.75, 3.05) is 103 Å². The van der Waals surface area contributed by atoms with Crippen molar-refractivity contribution >= 4 is 182 Å². The normalized spacial score (nSPS) is 12.1. The summed E-state index contributed by atoms with van der Waals surface area (Å²) in [4.78, 5) is 105. The van der Waals surface area contributed by atoms with Crippen LogP contribution in [0.3, 0.4) is 0 Å². The van der Waals surface area contributed by atoms with Gasteiger partial charge >= 0.3 is 12.1 Å². The highest BCUT2D eigenvalue weighted by molar-refractivity contribution is 8.78. The van der Waals surface area contributed by atoms with E-state index in [9.17, 15) is 43.2 Å². The number of hydrogen-bond donors (Lipinski definition) is 6. The van der Waals surface area contributed by atoms with E-state index in [2.05, 4.69) is 129 Å². The second-order valence-electron chi connectivity index (χ2n) is 38.8. The van der Waals surface area contributed by atoms with Gasteiger partial charge in [-0.15, -0.1) is 0 Å². The molecule has 15 nitrogen and oxygen atoms in total. The molecule has 0 aromatic rings. The van der Waals surface area contributed by atoms with Crippen LogP contribution < -0.4 is 31.9 Å². The van der Waals surface area contributed by atoms with Crippen LogP contribution in [-0.4, -0.2) is 166 Å². The second kappa shape index (κ2) is 75.3. The fourth-order valence-electron chi connectivity index (χ4n) is 9.17. The Morgan fingerprint density at radius 3 is 0.991 bits per heavy atom. The molecule has 688 valence electrons. The fourth-order valence-corrected chi connectivity index (χ4v) is 21.6. The predicted molar refractivity (Wildman–Crippen MR) is 540 cm³/mol. The Balaban J connectivity index is -0.000000447. The first-order valence-corrected chi connectivity index (χ1v) is 58.1. The van der Waals surface area contributed by atoms with Crippen LogP contribution in [0.5, 0.6) is 0 Å². The van der Waals surface area contributed by atoms with E-state index >= 15 is 0 Å². The van der Waals surface area contributed by atoms with Crippen LogP contribution in [0.25, 0.3) is 0 Å². The van der Waals surface area contributed by atoms with E-state index in [0.717, 1.165) is 130 Å². The van der Waals surface area contributed by atoms with Gasteiger partial charge in [0.15, 0.2) is 0 Å². The topological polar surface area (TPSA) is 226 Å². The maximum atomic E-state index is 11.8. The third-order valence-electron chi connectivity index (χ3n) is 16.7. The molecule has 0 unspecified atom stereocenters. The molecular weight excluding hydrogens is 1680 g/mol. The summed E-state index contributed by atoms with van der Waals surface area (Å²) in [6.45, 7) is 63.4. The number of rotatable bonds is 61.